The van der Waals surface area contributed by atoms with Crippen molar-refractivity contribution in [2.24, 2.45) is 0 Å². The van der Waals surface area contributed by atoms with Crippen LogP contribution < -0.4 is 5.32 Å². The van der Waals surface area contributed by atoms with Crippen LogP contribution in [0.1, 0.15) is 6.92 Å². The van der Waals surface area contributed by atoms with Crippen LogP contribution in [0, 0.1) is 0 Å². The molecule has 0 saturated carbocycles. The topological polar surface area (TPSA) is 55.4 Å². The van der Waals surface area contributed by atoms with Crippen molar-refractivity contribution in [3.8, 4) is 0 Å². The standard InChI is InChI=1S/C11H17NO3S/c1-3-15-9-8-12-10-6-4-5-7-11(10)16(2,13)14/h4-7,12H,3,8-9H2,1-2H3. The van der Waals surface area contributed by atoms with Crippen LogP contribution in [-0.2, 0) is 14.6 Å². The van der Waals surface area contributed by atoms with Gasteiger partial charge >= 0.3 is 0 Å². The fourth-order valence-corrected chi connectivity index (χ4v) is 2.20. The molecule has 90 valence electrons. The van der Waals surface area contributed by atoms with E-state index in [9.17, 15) is 8.42 Å². The minimum absolute atomic E-state index is 0.325. The van der Waals surface area contributed by atoms with E-state index in [1.165, 1.54) is 6.26 Å². The van der Waals surface area contributed by atoms with Crippen molar-refractivity contribution in [1.29, 1.82) is 0 Å². The Kier molecular flexibility index (Phi) is 4.76. The monoisotopic (exact) mass is 243 g/mol. The van der Waals surface area contributed by atoms with Gasteiger partial charge in [-0.25, -0.2) is 8.42 Å². The van der Waals surface area contributed by atoms with Crippen LogP contribution in [0.2, 0.25) is 0 Å². The number of anilines is 1. The number of nitrogens with one attached hydrogen (secondary N) is 1. The number of hydrogen-bond acceptors (Lipinski definition) is 4. The quantitative estimate of drug-likeness (QED) is 0.770. The summed E-state index contributed by atoms with van der Waals surface area (Å²) >= 11 is 0. The van der Waals surface area contributed by atoms with Crippen molar-refractivity contribution in [1.82, 2.24) is 0 Å². The van der Waals surface area contributed by atoms with Crippen LogP contribution in [0.15, 0.2) is 29.2 Å². The van der Waals surface area contributed by atoms with Crippen LogP contribution in [0.3, 0.4) is 0 Å². The second-order valence-electron chi connectivity index (χ2n) is 3.39. The molecular weight excluding hydrogens is 226 g/mol. The molecule has 0 heterocycles. The minimum Gasteiger partial charge on any atom is -0.382 e. The fraction of sp³-hybridized carbons (Fsp3) is 0.455. The highest BCUT2D eigenvalue weighted by atomic mass is 32.2. The smallest absolute Gasteiger partial charge is 0.177 e. The van der Waals surface area contributed by atoms with Crippen LogP contribution in [0.25, 0.3) is 0 Å². The summed E-state index contributed by atoms with van der Waals surface area (Å²) < 4.78 is 28.1. The molecule has 1 aromatic rings. The highest BCUT2D eigenvalue weighted by Crippen LogP contribution is 2.19. The van der Waals surface area contributed by atoms with Gasteiger partial charge in [0.25, 0.3) is 0 Å². The molecule has 0 fully saturated rings. The number of benzene rings is 1. The SMILES string of the molecule is CCOCCNc1ccccc1S(C)(=O)=O. The lowest BCUT2D eigenvalue weighted by Gasteiger charge is -2.10. The normalized spacial score (nSPS) is 11.4. The van der Waals surface area contributed by atoms with Crippen molar-refractivity contribution in [3.63, 3.8) is 0 Å². The predicted octanol–water partition coefficient (Wildman–Crippen LogP) is 1.54. The second kappa shape index (κ2) is 5.86. The van der Waals surface area contributed by atoms with Crippen molar-refractivity contribution < 1.29 is 13.2 Å². The maximum atomic E-state index is 11.5. The Hall–Kier alpha value is -1.07. The largest absolute Gasteiger partial charge is 0.382 e. The Bertz CT molecular complexity index is 429. The summed E-state index contributed by atoms with van der Waals surface area (Å²) in [5.41, 5.74) is 0.629. The lowest BCUT2D eigenvalue weighted by Crippen LogP contribution is -2.11. The van der Waals surface area contributed by atoms with Crippen LogP contribution in [-0.4, -0.2) is 34.4 Å². The van der Waals surface area contributed by atoms with Gasteiger partial charge in [0.1, 0.15) is 0 Å². The molecule has 5 heteroatoms. The minimum atomic E-state index is -3.18. The highest BCUT2D eigenvalue weighted by Gasteiger charge is 2.11. The summed E-state index contributed by atoms with van der Waals surface area (Å²) in [7, 11) is -3.18. The molecule has 0 radical (unpaired) electrons. The molecule has 0 atom stereocenters. The molecule has 1 aromatic carbocycles. The van der Waals surface area contributed by atoms with Gasteiger partial charge in [-0.05, 0) is 19.1 Å². The maximum absolute atomic E-state index is 11.5. The van der Waals surface area contributed by atoms with E-state index in [1.807, 2.05) is 6.92 Å². The number of sulfone groups is 1. The van der Waals surface area contributed by atoms with Crippen molar-refractivity contribution in [2.45, 2.75) is 11.8 Å². The van der Waals surface area contributed by atoms with E-state index in [1.54, 1.807) is 24.3 Å². The molecule has 1 N–H and O–H groups in total. The average molecular weight is 243 g/mol. The van der Waals surface area contributed by atoms with Gasteiger partial charge in [0.2, 0.25) is 0 Å². The lowest BCUT2D eigenvalue weighted by molar-refractivity contribution is 0.158. The zero-order chi connectivity index (χ0) is 12.0. The molecule has 0 aliphatic rings. The zero-order valence-corrected chi connectivity index (χ0v) is 10.4. The maximum Gasteiger partial charge on any atom is 0.177 e. The Labute approximate surface area is 96.5 Å². The van der Waals surface area contributed by atoms with Crippen molar-refractivity contribution >= 4 is 15.5 Å². The number of hydrogen-bond donors (Lipinski definition) is 1. The summed E-state index contributed by atoms with van der Waals surface area (Å²) in [4.78, 5) is 0.325. The molecule has 1 rings (SSSR count). The van der Waals surface area contributed by atoms with E-state index in [-0.39, 0.29) is 0 Å². The van der Waals surface area contributed by atoms with E-state index in [0.717, 1.165) is 0 Å². The molecule has 0 unspecified atom stereocenters. The van der Waals surface area contributed by atoms with E-state index in [0.29, 0.717) is 30.3 Å². The highest BCUT2D eigenvalue weighted by molar-refractivity contribution is 7.90. The summed E-state index contributed by atoms with van der Waals surface area (Å²) in [5, 5.41) is 3.05. The Morgan fingerprint density at radius 2 is 2.00 bits per heavy atom. The van der Waals surface area contributed by atoms with Gasteiger partial charge in [0, 0.05) is 19.4 Å². The van der Waals surface area contributed by atoms with E-state index >= 15 is 0 Å². The van der Waals surface area contributed by atoms with Gasteiger partial charge in [0.05, 0.1) is 17.2 Å². The van der Waals surface area contributed by atoms with Gasteiger partial charge in [-0.15, -0.1) is 0 Å². The van der Waals surface area contributed by atoms with Gasteiger partial charge in [-0.2, -0.15) is 0 Å². The summed E-state index contributed by atoms with van der Waals surface area (Å²) in [6.45, 7) is 3.74. The van der Waals surface area contributed by atoms with Gasteiger partial charge in [-0.3, -0.25) is 0 Å². The molecule has 16 heavy (non-hydrogen) atoms. The molecule has 0 aromatic heterocycles. The van der Waals surface area contributed by atoms with E-state index in [4.69, 9.17) is 4.74 Å². The van der Waals surface area contributed by atoms with Crippen molar-refractivity contribution in [3.05, 3.63) is 24.3 Å². The Morgan fingerprint density at radius 3 is 2.62 bits per heavy atom. The third-order valence-corrected chi connectivity index (χ3v) is 3.21. The van der Waals surface area contributed by atoms with Gasteiger partial charge in [-0.1, -0.05) is 12.1 Å². The first-order valence-corrected chi connectivity index (χ1v) is 7.05. The molecule has 0 saturated heterocycles. The average Bonchev–Trinajstić information content (AvgIpc) is 2.24. The number of para-hydroxylation sites is 1. The molecule has 0 aliphatic carbocycles. The predicted molar refractivity (Wildman–Crippen MR) is 64.5 cm³/mol. The molecule has 4 nitrogen and oxygen atoms in total. The van der Waals surface area contributed by atoms with Crippen LogP contribution in [0.5, 0.6) is 0 Å². The molecule has 0 bridgehead atoms. The number of rotatable bonds is 6. The summed E-state index contributed by atoms with van der Waals surface area (Å²) in [5.74, 6) is 0. The molecule has 0 spiro atoms. The molecule has 0 amide bonds. The summed E-state index contributed by atoms with van der Waals surface area (Å²) in [6.07, 6.45) is 1.20. The first-order chi connectivity index (χ1) is 7.55. The lowest BCUT2D eigenvalue weighted by atomic mass is 10.3. The van der Waals surface area contributed by atoms with Gasteiger partial charge < -0.3 is 10.1 Å². The third kappa shape index (κ3) is 3.83. The van der Waals surface area contributed by atoms with Crippen LogP contribution >= 0.6 is 0 Å². The Balaban J connectivity index is 2.73. The fourth-order valence-electron chi connectivity index (χ4n) is 1.34. The zero-order valence-electron chi connectivity index (χ0n) is 9.56. The first kappa shape index (κ1) is 13.0. The second-order valence-corrected chi connectivity index (χ2v) is 5.38. The number of ether oxygens (including phenoxy) is 1. The first-order valence-electron chi connectivity index (χ1n) is 5.16. The van der Waals surface area contributed by atoms with Crippen molar-refractivity contribution in [2.75, 3.05) is 31.3 Å². The third-order valence-electron chi connectivity index (χ3n) is 2.05. The molecule has 0 aliphatic heterocycles. The van der Waals surface area contributed by atoms with E-state index < -0.39 is 9.84 Å². The molecular formula is C11H17NO3S. The van der Waals surface area contributed by atoms with Crippen LogP contribution in [0.4, 0.5) is 5.69 Å². The van der Waals surface area contributed by atoms with E-state index in [2.05, 4.69) is 5.32 Å². The Morgan fingerprint density at radius 1 is 1.31 bits per heavy atom. The van der Waals surface area contributed by atoms with Gasteiger partial charge in [0.15, 0.2) is 9.84 Å². The summed E-state index contributed by atoms with van der Waals surface area (Å²) in [6, 6.07) is 6.86.